The van der Waals surface area contributed by atoms with E-state index in [0.29, 0.717) is 5.70 Å². The molecule has 1 aliphatic heterocycles. The molecule has 1 aromatic carbocycles. The summed E-state index contributed by atoms with van der Waals surface area (Å²) >= 11 is 1.34. The van der Waals surface area contributed by atoms with Crippen LogP contribution >= 0.6 is 11.8 Å². The minimum atomic E-state index is -0.517. The Morgan fingerprint density at radius 1 is 1.40 bits per heavy atom. The highest BCUT2D eigenvalue weighted by Gasteiger charge is 2.30. The number of nitrogens with zero attached hydrogens (tertiary/aromatic N) is 2. The number of halogens is 2. The van der Waals surface area contributed by atoms with Gasteiger partial charge in [0.25, 0.3) is 0 Å². The van der Waals surface area contributed by atoms with Crippen LogP contribution in [0.2, 0.25) is 0 Å². The third kappa shape index (κ3) is 2.08. The van der Waals surface area contributed by atoms with E-state index in [1.165, 1.54) is 11.8 Å². The summed E-state index contributed by atoms with van der Waals surface area (Å²) in [6.07, 6.45) is 1.71. The van der Waals surface area contributed by atoms with Crippen LogP contribution in [0.5, 0.6) is 0 Å². The molecule has 2 heterocycles. The van der Waals surface area contributed by atoms with Gasteiger partial charge in [-0.05, 0) is 24.5 Å². The second-order valence-corrected chi connectivity index (χ2v) is 5.37. The molecule has 1 aromatic heterocycles. The number of hydrogen-bond donors (Lipinski definition) is 2. The largest absolute Gasteiger partial charge is 0.312 e. The predicted molar refractivity (Wildman–Crippen MR) is 75.7 cm³/mol. The van der Waals surface area contributed by atoms with Crippen molar-refractivity contribution in [1.29, 1.82) is 0 Å². The van der Waals surface area contributed by atoms with Gasteiger partial charge in [0, 0.05) is 17.8 Å². The van der Waals surface area contributed by atoms with Gasteiger partial charge in [-0.1, -0.05) is 11.8 Å². The summed E-state index contributed by atoms with van der Waals surface area (Å²) in [6, 6.07) is 3.32. The van der Waals surface area contributed by atoms with Gasteiger partial charge in [-0.25, -0.2) is 8.78 Å². The third-order valence-electron chi connectivity index (χ3n) is 3.11. The molecule has 3 N–H and O–H groups in total. The number of nitrogens with one attached hydrogen (secondary N) is 1. The molecule has 2 aromatic rings. The van der Waals surface area contributed by atoms with Gasteiger partial charge in [0.05, 0.1) is 17.1 Å². The van der Waals surface area contributed by atoms with E-state index in [-0.39, 0.29) is 5.69 Å². The summed E-state index contributed by atoms with van der Waals surface area (Å²) in [5.41, 5.74) is 7.90. The molecule has 1 aliphatic rings. The van der Waals surface area contributed by atoms with Crippen molar-refractivity contribution in [3.05, 3.63) is 52.7 Å². The summed E-state index contributed by atoms with van der Waals surface area (Å²) < 4.78 is 27.4. The van der Waals surface area contributed by atoms with E-state index < -0.39 is 17.1 Å². The number of nitrogens with two attached hydrogens (primary N) is 1. The number of thioether (sulfide) groups is 1. The van der Waals surface area contributed by atoms with Crippen LogP contribution in [-0.2, 0) is 0 Å². The van der Waals surface area contributed by atoms with Gasteiger partial charge in [-0.15, -0.1) is 0 Å². The number of hydrogen-bond acceptors (Lipinski definition) is 4. The minimum Gasteiger partial charge on any atom is -0.312 e. The van der Waals surface area contributed by atoms with Crippen LogP contribution in [0.25, 0.3) is 5.70 Å². The molecule has 1 atom stereocenters. The minimum absolute atomic E-state index is 0.120. The molecular weight excluding hydrogens is 282 g/mol. The molecule has 0 aliphatic carbocycles. The van der Waals surface area contributed by atoms with Crippen LogP contribution in [0.3, 0.4) is 0 Å². The summed E-state index contributed by atoms with van der Waals surface area (Å²) in [5.74, 6) is -1.02. The Morgan fingerprint density at radius 2 is 2.20 bits per heavy atom. The lowest BCUT2D eigenvalue weighted by Gasteiger charge is -2.26. The van der Waals surface area contributed by atoms with Gasteiger partial charge in [0.1, 0.15) is 17.1 Å². The molecule has 0 radical (unpaired) electrons. The first kappa shape index (κ1) is 13.1. The first-order chi connectivity index (χ1) is 9.58. The Hall–Kier alpha value is -1.86. The summed E-state index contributed by atoms with van der Waals surface area (Å²) in [6.45, 7) is 1.83. The Kier molecular flexibility index (Phi) is 3.23. The van der Waals surface area contributed by atoms with Crippen LogP contribution < -0.4 is 10.6 Å². The quantitative estimate of drug-likeness (QED) is 0.894. The fourth-order valence-corrected chi connectivity index (χ4v) is 2.99. The maximum Gasteiger partial charge on any atom is 0.147 e. The molecule has 0 bridgehead atoms. The van der Waals surface area contributed by atoms with Crippen LogP contribution in [0.15, 0.2) is 29.8 Å². The van der Waals surface area contributed by atoms with Crippen molar-refractivity contribution in [3.63, 3.8) is 0 Å². The number of anilines is 1. The molecule has 20 heavy (non-hydrogen) atoms. The van der Waals surface area contributed by atoms with E-state index in [9.17, 15) is 8.78 Å². The Labute approximate surface area is 118 Å². The Balaban J connectivity index is 2.09. The molecule has 0 fully saturated rings. The Bertz CT molecular complexity index is 683. The molecule has 0 saturated heterocycles. The predicted octanol–water partition coefficient (Wildman–Crippen LogP) is 2.79. The second kappa shape index (κ2) is 4.92. The van der Waals surface area contributed by atoms with Gasteiger partial charge in [0.2, 0.25) is 0 Å². The lowest BCUT2D eigenvalue weighted by Crippen LogP contribution is -2.35. The fourth-order valence-electron chi connectivity index (χ4n) is 2.14. The molecular formula is C13H12F2N4S. The number of aryl methyl sites for hydroxylation is 1. The van der Waals surface area contributed by atoms with E-state index in [2.05, 4.69) is 10.2 Å². The second-order valence-electron chi connectivity index (χ2n) is 4.38. The average molecular weight is 294 g/mol. The standard InChI is InChI=1S/C13H12F2N4S/c1-7-9(5-17-18-7)12-6-20-13(16)19(12)11-4-8(14)2-3-10(11)15/h2-6,13H,16H2,1H3,(H,17,18). The first-order valence-electron chi connectivity index (χ1n) is 5.94. The van der Waals surface area contributed by atoms with Crippen molar-refractivity contribution < 1.29 is 8.78 Å². The van der Waals surface area contributed by atoms with E-state index >= 15 is 0 Å². The van der Waals surface area contributed by atoms with E-state index in [4.69, 9.17) is 5.73 Å². The molecule has 1 unspecified atom stereocenters. The van der Waals surface area contributed by atoms with Gasteiger partial charge >= 0.3 is 0 Å². The molecule has 104 valence electrons. The van der Waals surface area contributed by atoms with Crippen molar-refractivity contribution in [2.45, 2.75) is 12.4 Å². The number of benzene rings is 1. The van der Waals surface area contributed by atoms with Crippen molar-refractivity contribution in [3.8, 4) is 0 Å². The van der Waals surface area contributed by atoms with Crippen molar-refractivity contribution in [2.24, 2.45) is 5.73 Å². The van der Waals surface area contributed by atoms with Gasteiger partial charge in [0.15, 0.2) is 0 Å². The molecule has 7 heteroatoms. The highest BCUT2D eigenvalue weighted by Crippen LogP contribution is 2.40. The van der Waals surface area contributed by atoms with Gasteiger partial charge < -0.3 is 10.6 Å². The van der Waals surface area contributed by atoms with Gasteiger partial charge in [-0.3, -0.25) is 5.10 Å². The normalized spacial score (nSPS) is 18.5. The van der Waals surface area contributed by atoms with Crippen molar-refractivity contribution in [2.75, 3.05) is 4.90 Å². The zero-order chi connectivity index (χ0) is 14.3. The van der Waals surface area contributed by atoms with E-state index in [1.54, 1.807) is 11.1 Å². The SMILES string of the molecule is Cc1n[nH]cc1C1=CSC(N)N1c1cc(F)ccc1F. The van der Waals surface area contributed by atoms with Crippen LogP contribution in [0.4, 0.5) is 14.5 Å². The topological polar surface area (TPSA) is 57.9 Å². The summed E-state index contributed by atoms with van der Waals surface area (Å²) in [5, 5.41) is 8.62. The number of H-pyrrole nitrogens is 1. The molecule has 0 saturated carbocycles. The van der Waals surface area contributed by atoms with Crippen molar-refractivity contribution >= 4 is 23.1 Å². The van der Waals surface area contributed by atoms with E-state index in [0.717, 1.165) is 29.5 Å². The van der Waals surface area contributed by atoms with Crippen LogP contribution in [0, 0.1) is 18.6 Å². The van der Waals surface area contributed by atoms with Crippen LogP contribution in [-0.4, -0.2) is 15.7 Å². The number of aromatic amines is 1. The average Bonchev–Trinajstić information content (AvgIpc) is 2.98. The fraction of sp³-hybridized carbons (Fsp3) is 0.154. The smallest absolute Gasteiger partial charge is 0.147 e. The number of rotatable bonds is 2. The third-order valence-corrected chi connectivity index (χ3v) is 3.96. The Morgan fingerprint density at radius 3 is 2.90 bits per heavy atom. The molecule has 0 amide bonds. The monoisotopic (exact) mass is 294 g/mol. The maximum absolute atomic E-state index is 14.0. The lowest BCUT2D eigenvalue weighted by molar-refractivity contribution is 0.598. The summed E-state index contributed by atoms with van der Waals surface area (Å²) in [4.78, 5) is 1.57. The zero-order valence-electron chi connectivity index (χ0n) is 10.6. The highest BCUT2D eigenvalue weighted by atomic mass is 32.2. The first-order valence-corrected chi connectivity index (χ1v) is 6.88. The molecule has 3 rings (SSSR count). The van der Waals surface area contributed by atoms with Gasteiger partial charge in [-0.2, -0.15) is 5.10 Å². The summed E-state index contributed by atoms with van der Waals surface area (Å²) in [7, 11) is 0. The molecule has 4 nitrogen and oxygen atoms in total. The van der Waals surface area contributed by atoms with Crippen molar-refractivity contribution in [1.82, 2.24) is 10.2 Å². The van der Waals surface area contributed by atoms with E-state index in [1.807, 2.05) is 12.3 Å². The number of aromatic nitrogens is 2. The lowest BCUT2D eigenvalue weighted by atomic mass is 10.1. The maximum atomic E-state index is 14.0. The highest BCUT2D eigenvalue weighted by molar-refractivity contribution is 8.03. The zero-order valence-corrected chi connectivity index (χ0v) is 11.4. The van der Waals surface area contributed by atoms with Crippen LogP contribution in [0.1, 0.15) is 11.3 Å². The molecule has 0 spiro atoms.